The number of hydrogen-bond acceptors (Lipinski definition) is 6. The molecule has 1 aromatic heterocycles. The van der Waals surface area contributed by atoms with E-state index in [1.54, 1.807) is 23.5 Å². The lowest BCUT2D eigenvalue weighted by molar-refractivity contribution is -0.118. The molecule has 2 heterocycles. The zero-order valence-electron chi connectivity index (χ0n) is 17.2. The van der Waals surface area contributed by atoms with Crippen molar-refractivity contribution in [3.05, 3.63) is 58.6 Å². The van der Waals surface area contributed by atoms with Crippen molar-refractivity contribution in [1.29, 1.82) is 0 Å². The molecular formula is C23H25N3O3S. The molecule has 0 radical (unpaired) electrons. The van der Waals surface area contributed by atoms with Gasteiger partial charge < -0.3 is 10.1 Å². The summed E-state index contributed by atoms with van der Waals surface area (Å²) in [5.41, 5.74) is 2.97. The van der Waals surface area contributed by atoms with Gasteiger partial charge in [0.25, 0.3) is 0 Å². The van der Waals surface area contributed by atoms with E-state index in [4.69, 9.17) is 9.72 Å². The molecule has 0 spiro atoms. The van der Waals surface area contributed by atoms with Crippen LogP contribution in [0, 0.1) is 6.92 Å². The molecule has 1 amide bonds. The number of hydrogen-bond donors (Lipinski definition) is 1. The van der Waals surface area contributed by atoms with E-state index in [9.17, 15) is 9.59 Å². The Labute approximate surface area is 179 Å². The summed E-state index contributed by atoms with van der Waals surface area (Å²) in [5.74, 6) is -0.509. The predicted molar refractivity (Wildman–Crippen MR) is 119 cm³/mol. The number of nitrogens with one attached hydrogen (secondary N) is 1. The third-order valence-electron chi connectivity index (χ3n) is 5.49. The van der Waals surface area contributed by atoms with Gasteiger partial charge >= 0.3 is 5.97 Å². The number of fused-ring (bicyclic) bond motifs is 1. The van der Waals surface area contributed by atoms with Gasteiger partial charge in [-0.3, -0.25) is 9.69 Å². The quantitative estimate of drug-likeness (QED) is 0.609. The molecule has 4 rings (SSSR count). The van der Waals surface area contributed by atoms with Gasteiger partial charge in [0.05, 0.1) is 35.5 Å². The number of carbonyl (C=O) groups excluding carboxylic acids is 2. The minimum Gasteiger partial charge on any atom is -0.465 e. The van der Waals surface area contributed by atoms with Crippen molar-refractivity contribution >= 4 is 39.1 Å². The number of benzene rings is 2. The Balaban J connectivity index is 1.49. The van der Waals surface area contributed by atoms with Gasteiger partial charge in [-0.2, -0.15) is 0 Å². The number of para-hydroxylation sites is 1. The van der Waals surface area contributed by atoms with E-state index in [-0.39, 0.29) is 11.9 Å². The van der Waals surface area contributed by atoms with Crippen molar-refractivity contribution in [2.24, 2.45) is 0 Å². The molecule has 156 valence electrons. The molecule has 1 aliphatic rings. The number of piperidine rings is 1. The van der Waals surface area contributed by atoms with Crippen LogP contribution in [0.2, 0.25) is 0 Å². The van der Waals surface area contributed by atoms with Crippen LogP contribution in [0.25, 0.3) is 10.2 Å². The third-order valence-corrected chi connectivity index (χ3v) is 6.63. The molecule has 1 saturated heterocycles. The normalized spacial score (nSPS) is 17.1. The lowest BCUT2D eigenvalue weighted by atomic mass is 10.0. The average molecular weight is 424 g/mol. The van der Waals surface area contributed by atoms with E-state index in [0.717, 1.165) is 41.9 Å². The third kappa shape index (κ3) is 4.37. The highest BCUT2D eigenvalue weighted by molar-refractivity contribution is 7.18. The first-order valence-corrected chi connectivity index (χ1v) is 10.9. The highest BCUT2D eigenvalue weighted by Gasteiger charge is 2.28. The van der Waals surface area contributed by atoms with E-state index >= 15 is 0 Å². The number of amides is 1. The number of esters is 1. The van der Waals surface area contributed by atoms with Crippen molar-refractivity contribution in [3.63, 3.8) is 0 Å². The summed E-state index contributed by atoms with van der Waals surface area (Å²) in [7, 11) is 1.35. The number of thiazole rings is 1. The largest absolute Gasteiger partial charge is 0.465 e. The van der Waals surface area contributed by atoms with Gasteiger partial charge in [0, 0.05) is 5.69 Å². The van der Waals surface area contributed by atoms with Gasteiger partial charge in [0.2, 0.25) is 5.91 Å². The smallest absolute Gasteiger partial charge is 0.337 e. The number of methoxy groups -OCH3 is 1. The Morgan fingerprint density at radius 2 is 2.07 bits per heavy atom. The molecule has 1 aliphatic heterocycles. The van der Waals surface area contributed by atoms with Crippen LogP contribution in [0.4, 0.5) is 5.69 Å². The van der Waals surface area contributed by atoms with Gasteiger partial charge in [-0.15, -0.1) is 11.3 Å². The number of ether oxygens (including phenoxy) is 1. The van der Waals surface area contributed by atoms with Crippen LogP contribution in [0.1, 0.15) is 46.2 Å². The molecule has 0 aliphatic carbocycles. The fraction of sp³-hybridized carbons (Fsp3) is 0.348. The number of nitrogens with zero attached hydrogens (tertiary/aromatic N) is 2. The summed E-state index contributed by atoms with van der Waals surface area (Å²) in [5, 5.41) is 4.05. The van der Waals surface area contributed by atoms with E-state index in [1.165, 1.54) is 11.8 Å². The fourth-order valence-corrected chi connectivity index (χ4v) is 5.01. The molecule has 2 aromatic carbocycles. The summed E-state index contributed by atoms with van der Waals surface area (Å²) in [6.07, 6.45) is 3.22. The van der Waals surface area contributed by atoms with Crippen molar-refractivity contribution in [2.75, 3.05) is 25.5 Å². The average Bonchev–Trinajstić information content (AvgIpc) is 3.19. The first-order valence-electron chi connectivity index (χ1n) is 10.1. The highest BCUT2D eigenvalue weighted by atomic mass is 32.1. The first kappa shape index (κ1) is 20.5. The first-order chi connectivity index (χ1) is 14.5. The van der Waals surface area contributed by atoms with Crippen LogP contribution in [-0.4, -0.2) is 42.0 Å². The fourth-order valence-electron chi connectivity index (χ4n) is 3.87. The number of anilines is 1. The SMILES string of the molecule is COC(=O)c1ccc(C)c(NC(=O)CN2CCCC[C@@H]2c2nc3ccccc3s2)c1. The summed E-state index contributed by atoms with van der Waals surface area (Å²) in [6.45, 7) is 3.07. The topological polar surface area (TPSA) is 71.5 Å². The number of rotatable bonds is 5. The second-order valence-corrected chi connectivity index (χ2v) is 8.63. The van der Waals surface area contributed by atoms with Crippen molar-refractivity contribution < 1.29 is 14.3 Å². The molecule has 1 N–H and O–H groups in total. The molecule has 3 aromatic rings. The summed E-state index contributed by atoms with van der Waals surface area (Å²) in [6, 6.07) is 13.5. The molecule has 0 saturated carbocycles. The Hall–Kier alpha value is -2.77. The summed E-state index contributed by atoms with van der Waals surface area (Å²) in [4.78, 5) is 31.7. The highest BCUT2D eigenvalue weighted by Crippen LogP contribution is 2.35. The monoisotopic (exact) mass is 423 g/mol. The van der Waals surface area contributed by atoms with Gasteiger partial charge in [-0.1, -0.05) is 24.6 Å². The summed E-state index contributed by atoms with van der Waals surface area (Å²) >= 11 is 1.71. The van der Waals surface area contributed by atoms with Gasteiger partial charge in [-0.25, -0.2) is 9.78 Å². The Bertz CT molecular complexity index is 1050. The number of aromatic nitrogens is 1. The predicted octanol–water partition coefficient (Wildman–Crippen LogP) is 4.56. The standard InChI is InChI=1S/C23H25N3O3S/c1-15-10-11-16(23(28)29-2)13-18(15)24-21(27)14-26-12-6-5-8-19(26)22-25-17-7-3-4-9-20(17)30-22/h3-4,7,9-11,13,19H,5-6,8,12,14H2,1-2H3,(H,24,27)/t19-/m1/s1. The van der Waals surface area contributed by atoms with Gasteiger partial charge in [-0.05, 0) is 56.1 Å². The minimum atomic E-state index is -0.419. The number of carbonyl (C=O) groups is 2. The Morgan fingerprint density at radius 3 is 2.87 bits per heavy atom. The van der Waals surface area contributed by atoms with Crippen molar-refractivity contribution in [1.82, 2.24) is 9.88 Å². The molecule has 30 heavy (non-hydrogen) atoms. The lowest BCUT2D eigenvalue weighted by Crippen LogP contribution is -2.39. The molecule has 1 atom stereocenters. The van der Waals surface area contributed by atoms with Crippen LogP contribution in [0.15, 0.2) is 42.5 Å². The molecule has 6 nitrogen and oxygen atoms in total. The van der Waals surface area contributed by atoms with Gasteiger partial charge in [0.15, 0.2) is 0 Å². The van der Waals surface area contributed by atoms with Crippen LogP contribution in [-0.2, 0) is 9.53 Å². The second-order valence-electron chi connectivity index (χ2n) is 7.57. The van der Waals surface area contributed by atoms with Crippen LogP contribution >= 0.6 is 11.3 Å². The molecule has 0 unspecified atom stereocenters. The van der Waals surface area contributed by atoms with E-state index in [0.29, 0.717) is 17.8 Å². The zero-order chi connectivity index (χ0) is 21.1. The molecular weight excluding hydrogens is 398 g/mol. The molecule has 0 bridgehead atoms. The lowest BCUT2D eigenvalue weighted by Gasteiger charge is -2.33. The minimum absolute atomic E-state index is 0.0897. The van der Waals surface area contributed by atoms with Crippen molar-refractivity contribution in [2.45, 2.75) is 32.2 Å². The van der Waals surface area contributed by atoms with Crippen molar-refractivity contribution in [3.8, 4) is 0 Å². The molecule has 7 heteroatoms. The Morgan fingerprint density at radius 1 is 1.23 bits per heavy atom. The van der Waals surface area contributed by atoms with Crippen LogP contribution < -0.4 is 5.32 Å². The number of likely N-dealkylation sites (tertiary alicyclic amines) is 1. The van der Waals surface area contributed by atoms with Crippen LogP contribution in [0.3, 0.4) is 0 Å². The zero-order valence-corrected chi connectivity index (χ0v) is 18.0. The maximum absolute atomic E-state index is 12.8. The Kier molecular flexibility index (Phi) is 6.11. The maximum Gasteiger partial charge on any atom is 0.337 e. The van der Waals surface area contributed by atoms with Gasteiger partial charge in [0.1, 0.15) is 5.01 Å². The number of aryl methyl sites for hydroxylation is 1. The molecule has 1 fully saturated rings. The second kappa shape index (κ2) is 8.93. The van der Waals surface area contributed by atoms with E-state index in [2.05, 4.69) is 16.3 Å². The van der Waals surface area contributed by atoms with Crippen LogP contribution in [0.5, 0.6) is 0 Å². The maximum atomic E-state index is 12.8. The van der Waals surface area contributed by atoms with E-state index < -0.39 is 5.97 Å². The van der Waals surface area contributed by atoms with E-state index in [1.807, 2.05) is 31.2 Å². The summed E-state index contributed by atoms with van der Waals surface area (Å²) < 4.78 is 5.96.